The Morgan fingerprint density at radius 3 is 1.85 bits per heavy atom. The van der Waals surface area contributed by atoms with Gasteiger partial charge < -0.3 is 9.14 Å². The Labute approximate surface area is 268 Å². The third-order valence-corrected chi connectivity index (χ3v) is 9.98. The fourth-order valence-corrected chi connectivity index (χ4v) is 7.69. The summed E-state index contributed by atoms with van der Waals surface area (Å²) in [6.07, 6.45) is 0. The van der Waals surface area contributed by atoms with Crippen LogP contribution < -0.4 is 32.0 Å². The van der Waals surface area contributed by atoms with Crippen LogP contribution >= 0.6 is 0 Å². The molecule has 0 amide bonds. The molecular weight excluding hydrogens is 565 g/mol. The van der Waals surface area contributed by atoms with E-state index in [4.69, 9.17) is 4.74 Å². The summed E-state index contributed by atoms with van der Waals surface area (Å²) in [5, 5.41) is 2.35. The van der Waals surface area contributed by atoms with E-state index in [-0.39, 0.29) is 17.6 Å². The Morgan fingerprint density at radius 2 is 1.17 bits per heavy atom. The summed E-state index contributed by atoms with van der Waals surface area (Å²) < 4.78 is 8.82. The molecule has 3 heterocycles. The molecule has 0 radical (unpaired) electrons. The van der Waals surface area contributed by atoms with Gasteiger partial charge >= 0.3 is 0 Å². The van der Waals surface area contributed by atoms with Crippen LogP contribution in [0.25, 0.3) is 38.1 Å². The molecule has 0 saturated carbocycles. The molecule has 0 fully saturated rings. The number of nitrogens with zero attached hydrogens (tertiary/aromatic N) is 1. The van der Waals surface area contributed by atoms with Gasteiger partial charge in [-0.05, 0) is 81.8 Å². The van der Waals surface area contributed by atoms with E-state index in [1.54, 1.807) is 0 Å². The molecule has 4 nitrogen and oxygen atoms in total. The maximum atomic E-state index is 14.4. The smallest absolute Gasteiger partial charge is 0.251 e. The Bertz CT molecular complexity index is 2460. The number of hydrogen-bond donors (Lipinski definition) is 0. The summed E-state index contributed by atoms with van der Waals surface area (Å²) in [6, 6.07) is 30.4. The van der Waals surface area contributed by atoms with Crippen molar-refractivity contribution in [1.29, 1.82) is 0 Å². The van der Waals surface area contributed by atoms with E-state index < -0.39 is 0 Å². The van der Waals surface area contributed by atoms with Crippen LogP contribution in [0, 0.1) is 0 Å². The first-order valence-corrected chi connectivity index (χ1v) is 16.4. The van der Waals surface area contributed by atoms with E-state index in [1.807, 2.05) is 60.7 Å². The number of para-hydroxylation sites is 3. The topological polar surface area (TPSA) is 47.8 Å². The van der Waals surface area contributed by atoms with Gasteiger partial charge in [-0.1, -0.05) is 95.5 Å². The van der Waals surface area contributed by atoms with Crippen LogP contribution in [0.15, 0.2) is 101 Å². The average Bonchev–Trinajstić information content (AvgIpc) is 3.05. The minimum atomic E-state index is -0.114. The second-order valence-electron chi connectivity index (χ2n) is 13.8. The molecule has 1 aliphatic heterocycles. The summed E-state index contributed by atoms with van der Waals surface area (Å²) >= 11 is 0. The van der Waals surface area contributed by atoms with E-state index in [0.717, 1.165) is 33.5 Å². The molecule has 5 heteroatoms. The standard InChI is InChI=1S/C41H36BNO3/c1-22(2)25-18-29(23(3)4)38(30(19-25)24(5)6)42-32-15-8-10-17-36(32)46-37-21-35-31(20-33(37)42)41(45)28-14-11-13-27-39(28)43(35)34-16-9-7-12-26(34)40(27)44/h7-24H,1-6H3. The molecule has 0 spiro atoms. The largest absolute Gasteiger partial charge is 0.458 e. The van der Waals surface area contributed by atoms with Crippen molar-refractivity contribution >= 4 is 61.2 Å². The lowest BCUT2D eigenvalue weighted by Gasteiger charge is -2.32. The highest BCUT2D eigenvalue weighted by Gasteiger charge is 2.37. The number of aromatic nitrogens is 1. The molecule has 0 aliphatic carbocycles. The summed E-state index contributed by atoms with van der Waals surface area (Å²) in [6.45, 7) is 13.5. The van der Waals surface area contributed by atoms with Gasteiger partial charge in [0.2, 0.25) is 0 Å². The molecule has 46 heavy (non-hydrogen) atoms. The van der Waals surface area contributed by atoms with Crippen LogP contribution in [0.1, 0.15) is 76.0 Å². The average molecular weight is 602 g/mol. The Balaban J connectivity index is 1.54. The first-order valence-electron chi connectivity index (χ1n) is 16.4. The van der Waals surface area contributed by atoms with E-state index in [1.165, 1.54) is 22.2 Å². The third kappa shape index (κ3) is 4.00. The molecule has 7 aromatic rings. The fourth-order valence-electron chi connectivity index (χ4n) is 7.69. The molecule has 0 unspecified atom stereocenters. The lowest BCUT2D eigenvalue weighted by atomic mass is 9.33. The summed E-state index contributed by atoms with van der Waals surface area (Å²) in [5.41, 5.74) is 9.49. The number of hydrogen-bond acceptors (Lipinski definition) is 3. The Hall–Kier alpha value is -4.90. The van der Waals surface area contributed by atoms with Crippen LogP contribution in [-0.2, 0) is 0 Å². The monoisotopic (exact) mass is 601 g/mol. The molecule has 5 aromatic carbocycles. The van der Waals surface area contributed by atoms with Gasteiger partial charge in [-0.3, -0.25) is 9.59 Å². The molecule has 226 valence electrons. The van der Waals surface area contributed by atoms with Crippen molar-refractivity contribution in [2.45, 2.75) is 59.3 Å². The Kier molecular flexibility index (Phi) is 6.41. The third-order valence-electron chi connectivity index (χ3n) is 9.98. The number of pyridine rings is 2. The predicted molar refractivity (Wildman–Crippen MR) is 194 cm³/mol. The van der Waals surface area contributed by atoms with E-state index >= 15 is 0 Å². The highest BCUT2D eigenvalue weighted by molar-refractivity contribution is 6.97. The lowest BCUT2D eigenvalue weighted by molar-refractivity contribution is 0.488. The van der Waals surface area contributed by atoms with Crippen LogP contribution in [0.4, 0.5) is 0 Å². The zero-order valence-electron chi connectivity index (χ0n) is 27.1. The van der Waals surface area contributed by atoms with Crippen molar-refractivity contribution < 1.29 is 4.74 Å². The van der Waals surface area contributed by atoms with Crippen molar-refractivity contribution in [2.24, 2.45) is 0 Å². The fraction of sp³-hybridized carbons (Fsp3) is 0.220. The zero-order valence-corrected chi connectivity index (χ0v) is 27.1. The predicted octanol–water partition coefficient (Wildman–Crippen LogP) is 7.55. The van der Waals surface area contributed by atoms with Gasteiger partial charge in [-0.25, -0.2) is 0 Å². The highest BCUT2D eigenvalue weighted by Crippen LogP contribution is 2.34. The number of rotatable bonds is 4. The highest BCUT2D eigenvalue weighted by atomic mass is 16.5. The summed E-state index contributed by atoms with van der Waals surface area (Å²) in [4.78, 5) is 28.0. The number of ether oxygens (including phenoxy) is 1. The van der Waals surface area contributed by atoms with E-state index in [0.29, 0.717) is 44.8 Å². The molecule has 2 aromatic heterocycles. The van der Waals surface area contributed by atoms with Crippen LogP contribution in [0.2, 0.25) is 0 Å². The van der Waals surface area contributed by atoms with E-state index in [9.17, 15) is 9.59 Å². The molecule has 0 saturated heterocycles. The van der Waals surface area contributed by atoms with Crippen LogP contribution in [0.3, 0.4) is 0 Å². The minimum Gasteiger partial charge on any atom is -0.458 e. The summed E-state index contributed by atoms with van der Waals surface area (Å²) in [5.74, 6) is 2.58. The van der Waals surface area contributed by atoms with Crippen molar-refractivity contribution in [3.05, 3.63) is 128 Å². The molecule has 8 rings (SSSR count). The molecular formula is C41H36BNO3. The van der Waals surface area contributed by atoms with Gasteiger partial charge in [0.1, 0.15) is 11.5 Å². The molecule has 0 N–H and O–H groups in total. The van der Waals surface area contributed by atoms with Crippen LogP contribution in [-0.4, -0.2) is 11.1 Å². The molecule has 1 aliphatic rings. The van der Waals surface area contributed by atoms with Gasteiger partial charge in [-0.2, -0.15) is 0 Å². The minimum absolute atomic E-state index is 0.0598. The first-order chi connectivity index (χ1) is 22.2. The SMILES string of the molecule is CC(C)c1cc(C(C)C)c(B2c3ccccc3Oc3cc4c(cc32)c(=O)c2cccc3c(=O)c5ccccc5n4c32)c(C(C)C)c1. The van der Waals surface area contributed by atoms with Gasteiger partial charge in [0.05, 0.1) is 16.6 Å². The van der Waals surface area contributed by atoms with E-state index in [2.05, 4.69) is 76.3 Å². The van der Waals surface area contributed by atoms with Crippen molar-refractivity contribution in [1.82, 2.24) is 4.40 Å². The second kappa shape index (κ2) is 10.3. The lowest BCUT2D eigenvalue weighted by Crippen LogP contribution is -2.57. The van der Waals surface area contributed by atoms with Crippen molar-refractivity contribution in [3.8, 4) is 11.5 Å². The maximum absolute atomic E-state index is 14.4. The molecule has 0 bridgehead atoms. The maximum Gasteiger partial charge on any atom is 0.251 e. The zero-order chi connectivity index (χ0) is 32.0. The first kappa shape index (κ1) is 28.6. The van der Waals surface area contributed by atoms with Crippen molar-refractivity contribution in [3.63, 3.8) is 0 Å². The van der Waals surface area contributed by atoms with Gasteiger partial charge in [-0.15, -0.1) is 0 Å². The quantitative estimate of drug-likeness (QED) is 0.119. The number of fused-ring (bicyclic) bond motifs is 6. The normalized spacial score (nSPS) is 13.0. The molecule has 0 atom stereocenters. The second-order valence-corrected chi connectivity index (χ2v) is 13.8. The van der Waals surface area contributed by atoms with Gasteiger partial charge in [0, 0.05) is 27.6 Å². The van der Waals surface area contributed by atoms with Crippen molar-refractivity contribution in [2.75, 3.05) is 0 Å². The summed E-state index contributed by atoms with van der Waals surface area (Å²) in [7, 11) is 0. The Morgan fingerprint density at radius 1 is 0.565 bits per heavy atom. The van der Waals surface area contributed by atoms with Gasteiger partial charge in [0.25, 0.3) is 6.71 Å². The number of benzene rings is 5. The van der Waals surface area contributed by atoms with Gasteiger partial charge in [0.15, 0.2) is 10.9 Å². The van der Waals surface area contributed by atoms with Crippen LogP contribution in [0.5, 0.6) is 11.5 Å².